The first-order chi connectivity index (χ1) is 7.99. The van der Waals surface area contributed by atoms with Crippen molar-refractivity contribution in [1.82, 2.24) is 0 Å². The van der Waals surface area contributed by atoms with Gasteiger partial charge in [-0.1, -0.05) is 0 Å². The lowest BCUT2D eigenvalue weighted by molar-refractivity contribution is -0.383. The van der Waals surface area contributed by atoms with Crippen molar-refractivity contribution in [3.63, 3.8) is 0 Å². The summed E-state index contributed by atoms with van der Waals surface area (Å²) in [6.45, 7) is 1.72. The quantitative estimate of drug-likeness (QED) is 0.609. The van der Waals surface area contributed by atoms with Crippen molar-refractivity contribution in [2.75, 3.05) is 0 Å². The number of hydrogen-bond acceptors (Lipinski definition) is 4. The van der Waals surface area contributed by atoms with Crippen LogP contribution in [0.3, 0.4) is 0 Å². The van der Waals surface area contributed by atoms with Crippen LogP contribution in [0.5, 0.6) is 5.75 Å². The average molecular weight is 235 g/mol. The van der Waals surface area contributed by atoms with E-state index in [4.69, 9.17) is 4.42 Å². The SMILES string of the molecule is C/C([NH3+])=C\c1oc2ccc(O)cc2c1[N+](=O)[O-]. The minimum atomic E-state index is -0.528. The van der Waals surface area contributed by atoms with Gasteiger partial charge in [-0.2, -0.15) is 0 Å². The number of phenolic OH excluding ortho intramolecular Hbond substituents is 1. The fourth-order valence-corrected chi connectivity index (χ4v) is 1.60. The molecule has 0 aliphatic heterocycles. The molecule has 0 radical (unpaired) electrons. The monoisotopic (exact) mass is 235 g/mol. The number of nitrogens with zero attached hydrogens (tertiary/aromatic N) is 1. The van der Waals surface area contributed by atoms with Gasteiger partial charge in [0.05, 0.1) is 4.92 Å². The van der Waals surface area contributed by atoms with Crippen LogP contribution in [-0.4, -0.2) is 10.0 Å². The van der Waals surface area contributed by atoms with Crippen LogP contribution >= 0.6 is 0 Å². The lowest BCUT2D eigenvalue weighted by Gasteiger charge is -1.90. The van der Waals surface area contributed by atoms with E-state index in [0.717, 1.165) is 0 Å². The molecule has 0 atom stereocenters. The topological polar surface area (TPSA) is 104 Å². The van der Waals surface area contributed by atoms with E-state index in [-0.39, 0.29) is 22.6 Å². The van der Waals surface area contributed by atoms with Crippen molar-refractivity contribution >= 4 is 22.7 Å². The molecule has 0 bridgehead atoms. The molecule has 0 unspecified atom stereocenters. The second-order valence-corrected chi connectivity index (χ2v) is 3.74. The van der Waals surface area contributed by atoms with E-state index < -0.39 is 4.92 Å². The molecule has 1 heterocycles. The summed E-state index contributed by atoms with van der Waals surface area (Å²) in [5.41, 5.74) is 4.51. The lowest BCUT2D eigenvalue weighted by Crippen LogP contribution is -2.45. The van der Waals surface area contributed by atoms with Gasteiger partial charge < -0.3 is 15.3 Å². The number of hydrogen-bond donors (Lipinski definition) is 2. The number of quaternary nitrogens is 1. The molecule has 0 aliphatic carbocycles. The van der Waals surface area contributed by atoms with Gasteiger partial charge in [0.1, 0.15) is 22.4 Å². The van der Waals surface area contributed by atoms with Gasteiger partial charge in [-0.3, -0.25) is 10.1 Å². The summed E-state index contributed by atoms with van der Waals surface area (Å²) in [5.74, 6) is 0.103. The fourth-order valence-electron chi connectivity index (χ4n) is 1.60. The average Bonchev–Trinajstić information content (AvgIpc) is 2.53. The number of allylic oxidation sites excluding steroid dienone is 1. The zero-order valence-electron chi connectivity index (χ0n) is 9.14. The molecule has 0 saturated carbocycles. The normalized spacial score (nSPS) is 12.0. The molecular weight excluding hydrogens is 224 g/mol. The molecule has 0 aliphatic rings. The Labute approximate surface area is 96.1 Å². The van der Waals surface area contributed by atoms with Gasteiger partial charge in [-0.25, -0.2) is 0 Å². The number of furan rings is 1. The molecule has 17 heavy (non-hydrogen) atoms. The number of aromatic hydroxyl groups is 1. The zero-order chi connectivity index (χ0) is 12.6. The van der Waals surface area contributed by atoms with Crippen molar-refractivity contribution < 1.29 is 20.2 Å². The van der Waals surface area contributed by atoms with Crippen LogP contribution in [0.4, 0.5) is 5.69 Å². The molecule has 1 aromatic heterocycles. The van der Waals surface area contributed by atoms with Gasteiger partial charge in [0.15, 0.2) is 0 Å². The Morgan fingerprint density at radius 2 is 2.29 bits per heavy atom. The fraction of sp³-hybridized carbons (Fsp3) is 0.0909. The minimum absolute atomic E-state index is 0.0386. The molecule has 0 amide bonds. The molecule has 2 aromatic rings. The minimum Gasteiger partial charge on any atom is -0.508 e. The first-order valence-corrected chi connectivity index (χ1v) is 4.89. The third-order valence-electron chi connectivity index (χ3n) is 2.23. The van der Waals surface area contributed by atoms with Crippen molar-refractivity contribution in [3.05, 3.63) is 39.8 Å². The molecule has 6 heteroatoms. The highest BCUT2D eigenvalue weighted by molar-refractivity contribution is 5.92. The molecule has 2 rings (SSSR count). The van der Waals surface area contributed by atoms with Gasteiger partial charge in [0.25, 0.3) is 0 Å². The molecule has 4 N–H and O–H groups in total. The Morgan fingerprint density at radius 3 is 2.88 bits per heavy atom. The van der Waals surface area contributed by atoms with Crippen molar-refractivity contribution in [2.24, 2.45) is 0 Å². The van der Waals surface area contributed by atoms with E-state index in [1.54, 1.807) is 6.92 Å². The summed E-state index contributed by atoms with van der Waals surface area (Å²) in [6, 6.07) is 4.22. The van der Waals surface area contributed by atoms with E-state index in [1.807, 2.05) is 0 Å². The Morgan fingerprint density at radius 1 is 1.59 bits per heavy atom. The Bertz CT molecular complexity index is 624. The van der Waals surface area contributed by atoms with Crippen molar-refractivity contribution in [3.8, 4) is 5.75 Å². The first-order valence-electron chi connectivity index (χ1n) is 4.89. The van der Waals surface area contributed by atoms with E-state index in [2.05, 4.69) is 5.73 Å². The van der Waals surface area contributed by atoms with Crippen LogP contribution < -0.4 is 5.73 Å². The summed E-state index contributed by atoms with van der Waals surface area (Å²) in [7, 11) is 0. The second-order valence-electron chi connectivity index (χ2n) is 3.74. The molecular formula is C11H11N2O4+. The highest BCUT2D eigenvalue weighted by Crippen LogP contribution is 2.35. The van der Waals surface area contributed by atoms with Gasteiger partial charge in [-0.15, -0.1) is 0 Å². The molecule has 0 fully saturated rings. The number of nitro groups is 1. The van der Waals surface area contributed by atoms with Gasteiger partial charge in [0.2, 0.25) is 5.76 Å². The third kappa shape index (κ3) is 1.98. The maximum absolute atomic E-state index is 11.0. The van der Waals surface area contributed by atoms with Crippen LogP contribution in [-0.2, 0) is 0 Å². The van der Waals surface area contributed by atoms with Crippen molar-refractivity contribution in [1.29, 1.82) is 0 Å². The van der Waals surface area contributed by atoms with Crippen LogP contribution in [0.1, 0.15) is 12.7 Å². The molecule has 1 aromatic carbocycles. The molecule has 0 saturated heterocycles. The van der Waals surface area contributed by atoms with Gasteiger partial charge in [-0.05, 0) is 18.2 Å². The Kier molecular flexibility index (Phi) is 2.57. The van der Waals surface area contributed by atoms with Crippen LogP contribution in [0, 0.1) is 10.1 Å². The highest BCUT2D eigenvalue weighted by Gasteiger charge is 2.23. The smallest absolute Gasteiger partial charge is 0.322 e. The van der Waals surface area contributed by atoms with Crippen LogP contribution in [0.2, 0.25) is 0 Å². The summed E-state index contributed by atoms with van der Waals surface area (Å²) in [5, 5.41) is 20.6. The zero-order valence-corrected chi connectivity index (χ0v) is 9.14. The standard InChI is InChI=1S/C11H10N2O4/c1-6(12)4-10-11(13(15)16)8-5-7(14)2-3-9(8)17-10/h2-5,14H,12H2,1H3/p+1/b6-4+. The predicted molar refractivity (Wildman–Crippen MR) is 61.1 cm³/mol. The summed E-state index contributed by atoms with van der Waals surface area (Å²) in [4.78, 5) is 10.5. The summed E-state index contributed by atoms with van der Waals surface area (Å²) in [6.07, 6.45) is 1.50. The maximum Gasteiger partial charge on any atom is 0.322 e. The van der Waals surface area contributed by atoms with E-state index in [1.165, 1.54) is 24.3 Å². The number of rotatable bonds is 2. The number of benzene rings is 1. The molecule has 88 valence electrons. The van der Waals surface area contributed by atoms with Gasteiger partial charge in [0, 0.05) is 13.0 Å². The number of phenols is 1. The lowest BCUT2D eigenvalue weighted by atomic mass is 10.2. The maximum atomic E-state index is 11.0. The van der Waals surface area contributed by atoms with E-state index in [0.29, 0.717) is 11.3 Å². The second kappa shape index (κ2) is 3.91. The third-order valence-corrected chi connectivity index (χ3v) is 2.23. The van der Waals surface area contributed by atoms with Gasteiger partial charge >= 0.3 is 5.69 Å². The molecule has 0 spiro atoms. The van der Waals surface area contributed by atoms with E-state index in [9.17, 15) is 15.2 Å². The van der Waals surface area contributed by atoms with Crippen LogP contribution in [0.25, 0.3) is 17.0 Å². The highest BCUT2D eigenvalue weighted by atomic mass is 16.6. The Balaban J connectivity index is 2.80. The summed E-state index contributed by atoms with van der Waals surface area (Å²) >= 11 is 0. The summed E-state index contributed by atoms with van der Waals surface area (Å²) < 4.78 is 5.36. The first kappa shape index (κ1) is 11.2. The molecule has 6 nitrogen and oxygen atoms in total. The Hall–Kier alpha value is -2.34. The van der Waals surface area contributed by atoms with Crippen LogP contribution in [0.15, 0.2) is 28.3 Å². The predicted octanol–water partition coefficient (Wildman–Crippen LogP) is 1.65. The largest absolute Gasteiger partial charge is 0.508 e. The number of fused-ring (bicyclic) bond motifs is 1. The van der Waals surface area contributed by atoms with Crippen molar-refractivity contribution in [2.45, 2.75) is 6.92 Å². The van der Waals surface area contributed by atoms with E-state index >= 15 is 0 Å².